The van der Waals surface area contributed by atoms with E-state index >= 15 is 0 Å². The minimum absolute atomic E-state index is 0.293. The molecule has 0 aliphatic rings. The van der Waals surface area contributed by atoms with Crippen LogP contribution in [0.1, 0.15) is 25.5 Å². The number of nitrogens with one attached hydrogen (secondary N) is 3. The Hall–Kier alpha value is -1.98. The van der Waals surface area contributed by atoms with E-state index in [9.17, 15) is 4.39 Å². The number of quaternary nitrogens is 1. The van der Waals surface area contributed by atoms with Crippen molar-refractivity contribution in [3.63, 3.8) is 0 Å². The number of hydrogen-bond donors (Lipinski definition) is 3. The second kappa shape index (κ2) is 9.35. The highest BCUT2D eigenvalue weighted by molar-refractivity contribution is 7.80. The second-order valence-electron chi connectivity index (χ2n) is 5.64. The Kier molecular flexibility index (Phi) is 7.15. The predicted molar refractivity (Wildman–Crippen MR) is 102 cm³/mol. The van der Waals surface area contributed by atoms with Crippen molar-refractivity contribution in [2.75, 3.05) is 25.0 Å². The maximum Gasteiger partial charge on any atom is 0.171 e. The molecule has 0 fully saturated rings. The van der Waals surface area contributed by atoms with Gasteiger partial charge in [0, 0.05) is 5.56 Å². The summed E-state index contributed by atoms with van der Waals surface area (Å²) in [6.07, 6.45) is 0. The topological polar surface area (TPSA) is 28.5 Å². The lowest BCUT2D eigenvalue weighted by Gasteiger charge is -2.27. The van der Waals surface area contributed by atoms with Gasteiger partial charge in [-0.1, -0.05) is 42.5 Å². The highest BCUT2D eigenvalue weighted by atomic mass is 32.1. The van der Waals surface area contributed by atoms with E-state index in [1.807, 2.05) is 6.07 Å². The van der Waals surface area contributed by atoms with Crippen LogP contribution in [-0.4, -0.2) is 24.7 Å². The molecule has 0 radical (unpaired) electrons. The first-order chi connectivity index (χ1) is 11.7. The molecule has 0 spiro atoms. The van der Waals surface area contributed by atoms with Gasteiger partial charge >= 0.3 is 0 Å². The number of thiocarbonyl (C=S) groups is 1. The molecule has 1 atom stereocenters. The van der Waals surface area contributed by atoms with Crippen molar-refractivity contribution in [1.29, 1.82) is 0 Å². The Morgan fingerprint density at radius 2 is 1.67 bits per heavy atom. The summed E-state index contributed by atoms with van der Waals surface area (Å²) >= 11 is 5.32. The lowest BCUT2D eigenvalue weighted by atomic mass is 10.1. The summed E-state index contributed by atoms with van der Waals surface area (Å²) in [4.78, 5) is 1.47. The zero-order valence-corrected chi connectivity index (χ0v) is 15.0. The van der Waals surface area contributed by atoms with Gasteiger partial charge in [-0.3, -0.25) is 0 Å². The molecule has 0 heterocycles. The molecule has 2 aromatic rings. The number of para-hydroxylation sites is 1. The van der Waals surface area contributed by atoms with E-state index in [0.29, 0.717) is 23.4 Å². The van der Waals surface area contributed by atoms with Crippen LogP contribution < -0.4 is 15.5 Å². The van der Waals surface area contributed by atoms with Gasteiger partial charge in [0.15, 0.2) is 5.11 Å². The van der Waals surface area contributed by atoms with Crippen LogP contribution in [0.15, 0.2) is 54.6 Å². The normalized spacial score (nSPS) is 12.0. The molecule has 24 heavy (non-hydrogen) atoms. The number of likely N-dealkylation sites (N-methyl/N-ethyl adjacent to an activating group) is 1. The van der Waals surface area contributed by atoms with Gasteiger partial charge in [-0.2, -0.15) is 0 Å². The third kappa shape index (κ3) is 5.01. The first kappa shape index (κ1) is 18.4. The molecular formula is C19H25FN3S+. The van der Waals surface area contributed by atoms with Crippen LogP contribution in [0.4, 0.5) is 10.1 Å². The fourth-order valence-corrected chi connectivity index (χ4v) is 3.04. The molecule has 128 valence electrons. The third-order valence-electron chi connectivity index (χ3n) is 4.19. The molecule has 0 aromatic heterocycles. The SMILES string of the molecule is CC[NH+](CC)[C@@H](CNC(=S)Nc1ccccc1F)c1ccccc1. The Balaban J connectivity index is 2.02. The molecule has 0 saturated heterocycles. The van der Waals surface area contributed by atoms with E-state index in [4.69, 9.17) is 12.2 Å². The van der Waals surface area contributed by atoms with Crippen molar-refractivity contribution in [3.05, 3.63) is 66.0 Å². The van der Waals surface area contributed by atoms with Gasteiger partial charge < -0.3 is 15.5 Å². The zero-order valence-electron chi connectivity index (χ0n) is 14.2. The molecule has 0 aliphatic carbocycles. The molecule has 0 aliphatic heterocycles. The van der Waals surface area contributed by atoms with Gasteiger partial charge in [0.1, 0.15) is 11.9 Å². The fraction of sp³-hybridized carbons (Fsp3) is 0.316. The largest absolute Gasteiger partial charge is 0.356 e. The van der Waals surface area contributed by atoms with Gasteiger partial charge in [0.2, 0.25) is 0 Å². The quantitative estimate of drug-likeness (QED) is 0.673. The molecule has 0 bridgehead atoms. The van der Waals surface area contributed by atoms with Crippen molar-refractivity contribution in [1.82, 2.24) is 5.32 Å². The maximum absolute atomic E-state index is 13.7. The molecule has 0 saturated carbocycles. The molecule has 2 rings (SSSR count). The Labute approximate surface area is 148 Å². The van der Waals surface area contributed by atoms with E-state index in [1.165, 1.54) is 16.5 Å². The Morgan fingerprint density at radius 3 is 2.29 bits per heavy atom. The minimum Gasteiger partial charge on any atom is -0.356 e. The van der Waals surface area contributed by atoms with Crippen LogP contribution in [0.2, 0.25) is 0 Å². The molecule has 0 unspecified atom stereocenters. The number of hydrogen-bond acceptors (Lipinski definition) is 1. The number of benzene rings is 2. The number of halogens is 1. The van der Waals surface area contributed by atoms with Crippen LogP contribution in [0, 0.1) is 5.82 Å². The van der Waals surface area contributed by atoms with E-state index < -0.39 is 0 Å². The van der Waals surface area contributed by atoms with E-state index in [2.05, 4.69) is 48.7 Å². The highest BCUT2D eigenvalue weighted by Gasteiger charge is 2.21. The standard InChI is InChI=1S/C19H24FN3S/c1-3-23(4-2)18(15-10-6-5-7-11-15)14-21-19(24)22-17-13-9-8-12-16(17)20/h5-13,18H,3-4,14H2,1-2H3,(H2,21,22,24)/p+1/t18-/m0/s1. The summed E-state index contributed by atoms with van der Waals surface area (Å²) < 4.78 is 13.7. The second-order valence-corrected chi connectivity index (χ2v) is 6.05. The van der Waals surface area contributed by atoms with Crippen LogP contribution in [-0.2, 0) is 0 Å². The van der Waals surface area contributed by atoms with E-state index in [0.717, 1.165) is 13.1 Å². The fourth-order valence-electron chi connectivity index (χ4n) is 2.85. The van der Waals surface area contributed by atoms with Crippen LogP contribution in [0.3, 0.4) is 0 Å². The average Bonchev–Trinajstić information content (AvgIpc) is 2.61. The van der Waals surface area contributed by atoms with Crippen molar-refractivity contribution < 1.29 is 9.29 Å². The summed E-state index contributed by atoms with van der Waals surface area (Å²) in [6, 6.07) is 17.2. The summed E-state index contributed by atoms with van der Waals surface area (Å²) in [7, 11) is 0. The Bertz CT molecular complexity index is 644. The van der Waals surface area contributed by atoms with Gasteiger partial charge in [-0.15, -0.1) is 0 Å². The van der Waals surface area contributed by atoms with Crippen molar-refractivity contribution in [2.24, 2.45) is 0 Å². The molecule has 3 nitrogen and oxygen atoms in total. The zero-order chi connectivity index (χ0) is 17.4. The summed E-state index contributed by atoms with van der Waals surface area (Å²) in [6.45, 7) is 7.13. The lowest BCUT2D eigenvalue weighted by Crippen LogP contribution is -3.12. The smallest absolute Gasteiger partial charge is 0.171 e. The molecule has 2 aromatic carbocycles. The predicted octanol–water partition coefficient (Wildman–Crippen LogP) is 2.78. The molecule has 0 amide bonds. The average molecular weight is 346 g/mol. The van der Waals surface area contributed by atoms with E-state index in [-0.39, 0.29) is 5.82 Å². The van der Waals surface area contributed by atoms with Gasteiger partial charge in [0.05, 0.1) is 25.3 Å². The molecule has 5 heteroatoms. The minimum atomic E-state index is -0.310. The summed E-state index contributed by atoms with van der Waals surface area (Å²) in [5.74, 6) is -0.310. The van der Waals surface area contributed by atoms with Gasteiger partial charge in [-0.25, -0.2) is 4.39 Å². The Morgan fingerprint density at radius 1 is 1.04 bits per heavy atom. The van der Waals surface area contributed by atoms with Gasteiger partial charge in [-0.05, 0) is 38.2 Å². The first-order valence-electron chi connectivity index (χ1n) is 8.34. The third-order valence-corrected chi connectivity index (χ3v) is 4.44. The maximum atomic E-state index is 13.7. The molecule has 3 N–H and O–H groups in total. The van der Waals surface area contributed by atoms with Crippen LogP contribution in [0.5, 0.6) is 0 Å². The highest BCUT2D eigenvalue weighted by Crippen LogP contribution is 2.12. The van der Waals surface area contributed by atoms with Crippen molar-refractivity contribution in [3.8, 4) is 0 Å². The van der Waals surface area contributed by atoms with Gasteiger partial charge in [0.25, 0.3) is 0 Å². The van der Waals surface area contributed by atoms with Crippen molar-refractivity contribution in [2.45, 2.75) is 19.9 Å². The summed E-state index contributed by atoms with van der Waals surface area (Å²) in [5.41, 5.74) is 1.67. The monoisotopic (exact) mass is 346 g/mol. The van der Waals surface area contributed by atoms with Crippen molar-refractivity contribution >= 4 is 23.0 Å². The summed E-state index contributed by atoms with van der Waals surface area (Å²) in [5, 5.41) is 6.60. The number of anilines is 1. The molecular weight excluding hydrogens is 321 g/mol. The number of rotatable bonds is 7. The van der Waals surface area contributed by atoms with E-state index in [1.54, 1.807) is 18.2 Å². The van der Waals surface area contributed by atoms with Crippen LogP contribution in [0.25, 0.3) is 0 Å². The first-order valence-corrected chi connectivity index (χ1v) is 8.75. The lowest BCUT2D eigenvalue weighted by molar-refractivity contribution is -0.927. The van der Waals surface area contributed by atoms with Crippen LogP contribution >= 0.6 is 12.2 Å².